The summed E-state index contributed by atoms with van der Waals surface area (Å²) in [4.78, 5) is 129. The zero-order chi connectivity index (χ0) is 76.8. The number of halogens is 1. The number of carbonyl (C=O) groups is 8. The third-order valence-electron chi connectivity index (χ3n) is 20.6. The van der Waals surface area contributed by atoms with Crippen LogP contribution < -0.4 is 41.8 Å². The number of aromatic nitrogens is 2. The maximum absolute atomic E-state index is 15.7. The molecule has 107 heavy (non-hydrogen) atoms. The lowest BCUT2D eigenvalue weighted by Crippen LogP contribution is -2.61. The number of amides is 6. The van der Waals surface area contributed by atoms with Crippen molar-refractivity contribution in [1.29, 1.82) is 0 Å². The molecule has 10 N–H and O–H groups in total. The summed E-state index contributed by atoms with van der Waals surface area (Å²) in [6.07, 6.45) is -5.15. The number of nitrogens with one attached hydrogen (secondary N) is 5. The van der Waals surface area contributed by atoms with E-state index in [0.717, 1.165) is 22.4 Å². The Morgan fingerprint density at radius 2 is 1.53 bits per heavy atom. The number of aryl methyl sites for hydroxylation is 1. The van der Waals surface area contributed by atoms with Gasteiger partial charge in [-0.3, -0.25) is 28.8 Å². The SMILES string of the molecule is CCC1(O)C(=O)OCc2c1cc1n(c2=O)Cc2c-1nc1cc(F)c(C)c3c1c2C(NC(=O)OCc1ccc(OC2OC(C(=O)O)C(O)C(O)C2O)c(CNC(=O)CCNC(=O)C(CNC(=O)CCC(C)(C)OCCC(C)(C)OC)NC(=O)CCCCC(=O)N2Cc4ccccc4/C=C\c4ccccc42)c1)CC3. The Balaban J connectivity index is 0.751. The van der Waals surface area contributed by atoms with Crippen LogP contribution in [-0.2, 0) is 102 Å². The van der Waals surface area contributed by atoms with E-state index in [1.807, 2.05) is 88.4 Å². The third kappa shape index (κ3) is 17.5. The quantitative estimate of drug-likeness (QED) is 0.0187. The highest BCUT2D eigenvalue weighted by Gasteiger charge is 2.49. The third-order valence-corrected chi connectivity index (χ3v) is 20.6. The average Bonchev–Trinajstić information content (AvgIpc) is 1.59. The molecule has 29 heteroatoms. The summed E-state index contributed by atoms with van der Waals surface area (Å²) in [7, 11) is 1.62. The summed E-state index contributed by atoms with van der Waals surface area (Å²) in [5, 5.41) is 67.7. The molecule has 5 aliphatic rings. The van der Waals surface area contributed by atoms with Gasteiger partial charge < -0.3 is 90.0 Å². The first-order valence-electron chi connectivity index (χ1n) is 35.9. The molecular formula is C78H91FN8O20. The van der Waals surface area contributed by atoms with Crippen molar-refractivity contribution in [2.24, 2.45) is 0 Å². The van der Waals surface area contributed by atoms with E-state index < -0.39 is 119 Å². The number of pyridine rings is 2. The first-order valence-corrected chi connectivity index (χ1v) is 35.9. The van der Waals surface area contributed by atoms with E-state index in [1.54, 1.807) is 25.9 Å². The first kappa shape index (κ1) is 78.1. The van der Waals surface area contributed by atoms with Crippen molar-refractivity contribution < 1.29 is 96.7 Å². The van der Waals surface area contributed by atoms with Crippen molar-refractivity contribution in [3.05, 3.63) is 156 Å². The number of anilines is 1. The lowest BCUT2D eigenvalue weighted by Gasteiger charge is -2.38. The zero-order valence-electron chi connectivity index (χ0n) is 60.7. The van der Waals surface area contributed by atoms with Gasteiger partial charge in [0.25, 0.3) is 5.56 Å². The highest BCUT2D eigenvalue weighted by Crippen LogP contribution is 2.46. The molecule has 8 unspecified atom stereocenters. The van der Waals surface area contributed by atoms with Gasteiger partial charge in [-0.2, -0.15) is 0 Å². The normalized spacial score (nSPS) is 20.4. The molecule has 6 amide bonds. The minimum atomic E-state index is -2.11. The Morgan fingerprint density at radius 1 is 0.804 bits per heavy atom. The second-order valence-electron chi connectivity index (χ2n) is 28.8. The minimum Gasteiger partial charge on any atom is -0.479 e. The molecule has 0 bridgehead atoms. The fourth-order valence-electron chi connectivity index (χ4n) is 14.0. The minimum absolute atomic E-state index is 0.0141. The van der Waals surface area contributed by atoms with Gasteiger partial charge in [-0.15, -0.1) is 0 Å². The van der Waals surface area contributed by atoms with Crippen LogP contribution in [-0.4, -0.2) is 157 Å². The second-order valence-corrected chi connectivity index (χ2v) is 28.8. The molecule has 1 fully saturated rings. The van der Waals surface area contributed by atoms with E-state index in [2.05, 4.69) is 26.6 Å². The van der Waals surface area contributed by atoms with Crippen LogP contribution in [0.2, 0.25) is 0 Å². The van der Waals surface area contributed by atoms with Crippen molar-refractivity contribution in [1.82, 2.24) is 36.1 Å². The van der Waals surface area contributed by atoms with Gasteiger partial charge in [-0.05, 0) is 143 Å². The number of para-hydroxylation sites is 1. The van der Waals surface area contributed by atoms with Crippen LogP contribution in [0.3, 0.4) is 0 Å². The smallest absolute Gasteiger partial charge is 0.407 e. The topological polar surface area (TPSA) is 391 Å². The monoisotopic (exact) mass is 1480 g/mol. The molecule has 6 heterocycles. The molecular weight excluding hydrogens is 1390 g/mol. The molecule has 8 atom stereocenters. The van der Waals surface area contributed by atoms with E-state index in [9.17, 15) is 68.7 Å². The van der Waals surface area contributed by atoms with Gasteiger partial charge in [0.2, 0.25) is 35.8 Å². The number of esters is 1. The largest absolute Gasteiger partial charge is 0.479 e. The molecule has 0 saturated carbocycles. The van der Waals surface area contributed by atoms with E-state index >= 15 is 4.39 Å². The number of carboxylic acid groups (broad SMARTS) is 1. The van der Waals surface area contributed by atoms with Crippen molar-refractivity contribution in [3.63, 3.8) is 0 Å². The Bertz CT molecular complexity index is 4540. The molecule has 570 valence electrons. The van der Waals surface area contributed by atoms with Gasteiger partial charge in [0.05, 0.1) is 65.1 Å². The number of nitrogens with zero attached hydrogens (tertiary/aromatic N) is 3. The highest BCUT2D eigenvalue weighted by molar-refractivity contribution is 5.98. The number of methoxy groups -OCH3 is 1. The number of hydrogen-bond acceptors (Lipinski definition) is 20. The number of aliphatic hydroxyl groups is 4. The number of aliphatic carboxylic acids is 1. The van der Waals surface area contributed by atoms with Crippen LogP contribution in [0.5, 0.6) is 5.75 Å². The van der Waals surface area contributed by atoms with Crippen LogP contribution >= 0.6 is 0 Å². The number of rotatable bonds is 29. The number of hydrogen-bond donors (Lipinski definition) is 10. The molecule has 4 aromatic carbocycles. The summed E-state index contributed by atoms with van der Waals surface area (Å²) in [5.41, 5.74) is 3.44. The van der Waals surface area contributed by atoms with Gasteiger partial charge in [0.15, 0.2) is 11.7 Å². The summed E-state index contributed by atoms with van der Waals surface area (Å²) < 4.78 is 51.2. The van der Waals surface area contributed by atoms with Crippen LogP contribution in [0, 0.1) is 12.7 Å². The maximum Gasteiger partial charge on any atom is 0.407 e. The summed E-state index contributed by atoms with van der Waals surface area (Å²) in [6.45, 7) is 9.75. The van der Waals surface area contributed by atoms with E-state index in [0.29, 0.717) is 72.0 Å². The molecule has 0 radical (unpaired) electrons. The number of carbonyl (C=O) groups excluding carboxylic acids is 7. The standard InChI is InChI=1S/C78H91FN8O20/c1-8-78(101)51-34-57-65-49(39-87(57)71(96)50(51)41-103-74(78)99)64-53(25-24-48-42(2)52(79)35-54(84-65)63(48)64)85-75(100)104-40-43-21-26-58(106-73-68(94)66(92)67(93)69(107-73)72(97)98)47(33-43)36-81-60(89)28-31-80-70(95)55(37-82-59(88)27-29-77(5,6)105-32-30-76(3,4)102-7)83-61(90)19-13-14-20-62(91)86-38-46-17-10-9-15-44(46)22-23-45-16-11-12-18-56(45)86/h9-12,15-18,21-23,26,33-35,53,55,66-69,73,92-94,101H,8,13-14,19-20,24-25,27-32,36-41H2,1-7H3,(H,80,95)(H,81,89)(H,82,88)(H,83,90)(H,85,100)(H,97,98)/b23-22-. The first-order chi connectivity index (χ1) is 51.0. The summed E-state index contributed by atoms with van der Waals surface area (Å²) in [5.74, 6) is -5.68. The fraction of sp³-hybridized carbons (Fsp3) is 0.462. The molecule has 2 aromatic heterocycles. The Hall–Kier alpha value is -10.0. The van der Waals surface area contributed by atoms with Crippen molar-refractivity contribution in [2.45, 2.75) is 205 Å². The number of alkyl carbamates (subject to hydrolysis) is 1. The highest BCUT2D eigenvalue weighted by atomic mass is 19.1. The number of cyclic esters (lactones) is 1. The molecule has 0 spiro atoms. The van der Waals surface area contributed by atoms with E-state index in [-0.39, 0.29) is 123 Å². The van der Waals surface area contributed by atoms with Gasteiger partial charge in [0.1, 0.15) is 49.1 Å². The van der Waals surface area contributed by atoms with Crippen LogP contribution in [0.4, 0.5) is 14.9 Å². The van der Waals surface area contributed by atoms with Crippen molar-refractivity contribution in [2.75, 3.05) is 31.7 Å². The molecule has 28 nitrogen and oxygen atoms in total. The molecule has 1 saturated heterocycles. The molecule has 11 rings (SSSR count). The lowest BCUT2D eigenvalue weighted by molar-refractivity contribution is -0.271. The number of unbranched alkanes of at least 4 members (excludes halogenated alkanes) is 1. The molecule has 6 aromatic rings. The van der Waals surface area contributed by atoms with Crippen molar-refractivity contribution >= 4 is 76.3 Å². The predicted molar refractivity (Wildman–Crippen MR) is 386 cm³/mol. The van der Waals surface area contributed by atoms with E-state index in [1.165, 1.54) is 34.9 Å². The number of carboxylic acids is 1. The summed E-state index contributed by atoms with van der Waals surface area (Å²) >= 11 is 0. The number of aliphatic hydroxyl groups excluding tert-OH is 3. The predicted octanol–water partition coefficient (Wildman–Crippen LogP) is 6.10. The van der Waals surface area contributed by atoms with Crippen LogP contribution in [0.25, 0.3) is 34.4 Å². The summed E-state index contributed by atoms with van der Waals surface area (Å²) in [6, 6.07) is 20.4. The number of benzene rings is 4. The molecule has 4 aliphatic heterocycles. The van der Waals surface area contributed by atoms with Crippen LogP contribution in [0.1, 0.15) is 166 Å². The Labute approximate surface area is 616 Å². The zero-order valence-corrected chi connectivity index (χ0v) is 60.7. The van der Waals surface area contributed by atoms with E-state index in [4.69, 9.17) is 33.4 Å². The van der Waals surface area contributed by atoms with Gasteiger partial charge in [-0.1, -0.05) is 67.6 Å². The van der Waals surface area contributed by atoms with Gasteiger partial charge >= 0.3 is 18.0 Å². The van der Waals surface area contributed by atoms with Gasteiger partial charge in [-0.25, -0.2) is 23.8 Å². The number of fused-ring (bicyclic) bond motifs is 7. The Kier molecular flexibility index (Phi) is 24.1. The lowest BCUT2D eigenvalue weighted by atomic mass is 9.81. The van der Waals surface area contributed by atoms with Crippen LogP contribution in [0.15, 0.2) is 83.7 Å². The number of ether oxygens (including phenoxy) is 6. The Morgan fingerprint density at radius 3 is 2.29 bits per heavy atom. The maximum atomic E-state index is 15.7. The molecule has 1 aliphatic carbocycles. The average molecular weight is 1480 g/mol. The second kappa shape index (κ2) is 33.0. The van der Waals surface area contributed by atoms with Crippen molar-refractivity contribution in [3.8, 4) is 17.1 Å². The van der Waals surface area contributed by atoms with Gasteiger partial charge in [0, 0.05) is 80.6 Å². The fourth-order valence-corrected chi connectivity index (χ4v) is 14.0.